The largest absolute Gasteiger partial charge is 0.341 e. The van der Waals surface area contributed by atoms with E-state index in [1.54, 1.807) is 47.0 Å². The van der Waals surface area contributed by atoms with Gasteiger partial charge in [0.25, 0.3) is 15.9 Å². The molecule has 10 nitrogen and oxygen atoms in total. The lowest BCUT2D eigenvalue weighted by molar-refractivity contribution is 0.102. The summed E-state index contributed by atoms with van der Waals surface area (Å²) in [7, 11) is -3.67. The number of anilines is 2. The van der Waals surface area contributed by atoms with Crippen LogP contribution in [0, 0.1) is 6.92 Å². The molecule has 0 aliphatic carbocycles. The number of aromatic nitrogens is 4. The number of aryl methyl sites for hydroxylation is 3. The van der Waals surface area contributed by atoms with Crippen molar-refractivity contribution in [3.05, 3.63) is 112 Å². The SMILES string of the molecule is CCn1c2ccc(CN3CCCn4nc(C(=O)Nc5nc6ccc(NS(=O)(=O)c7cccs7)cc6s5)cc4C3)cc2c2ccc(-c3cc(C)cs3)cc21. The predicted molar refractivity (Wildman–Crippen MR) is 217 cm³/mol. The second-order valence-electron chi connectivity index (χ2n) is 13.3. The molecule has 5 aromatic heterocycles. The molecule has 0 bridgehead atoms. The Morgan fingerprint density at radius 1 is 0.943 bits per heavy atom. The molecule has 268 valence electrons. The number of thiophene rings is 2. The smallest absolute Gasteiger partial charge is 0.277 e. The second-order valence-corrected chi connectivity index (χ2v) is 18.1. The van der Waals surface area contributed by atoms with E-state index in [0.29, 0.717) is 28.6 Å². The van der Waals surface area contributed by atoms with Crippen LogP contribution >= 0.6 is 34.0 Å². The Kier molecular flexibility index (Phi) is 8.66. The first kappa shape index (κ1) is 33.9. The van der Waals surface area contributed by atoms with Crippen molar-refractivity contribution in [2.24, 2.45) is 0 Å². The number of hydrogen-bond donors (Lipinski definition) is 2. The summed E-state index contributed by atoms with van der Waals surface area (Å²) in [4.78, 5) is 21.7. The van der Waals surface area contributed by atoms with Crippen LogP contribution in [0.3, 0.4) is 0 Å². The fourth-order valence-electron chi connectivity index (χ4n) is 7.18. The zero-order valence-electron chi connectivity index (χ0n) is 29.0. The van der Waals surface area contributed by atoms with Crippen LogP contribution in [-0.2, 0) is 36.2 Å². The zero-order chi connectivity index (χ0) is 36.3. The molecular formula is C39H35N7O3S4. The molecule has 1 aliphatic rings. The van der Waals surface area contributed by atoms with E-state index in [4.69, 9.17) is 0 Å². The summed E-state index contributed by atoms with van der Waals surface area (Å²) in [5, 5.41) is 14.5. The van der Waals surface area contributed by atoms with Crippen LogP contribution in [-0.4, -0.2) is 45.1 Å². The van der Waals surface area contributed by atoms with Gasteiger partial charge in [0.2, 0.25) is 0 Å². The Morgan fingerprint density at radius 3 is 2.66 bits per heavy atom. The topological polar surface area (TPSA) is 114 Å². The van der Waals surface area contributed by atoms with E-state index in [9.17, 15) is 13.2 Å². The Balaban J connectivity index is 0.903. The number of sulfonamides is 1. The van der Waals surface area contributed by atoms with Crippen LogP contribution < -0.4 is 10.0 Å². The molecule has 0 unspecified atom stereocenters. The molecule has 53 heavy (non-hydrogen) atoms. The molecule has 3 aromatic carbocycles. The highest BCUT2D eigenvalue weighted by molar-refractivity contribution is 7.94. The molecule has 1 amide bonds. The van der Waals surface area contributed by atoms with Crippen LogP contribution in [0.15, 0.2) is 93.8 Å². The van der Waals surface area contributed by atoms with E-state index in [2.05, 4.69) is 91.3 Å². The van der Waals surface area contributed by atoms with Gasteiger partial charge in [0.05, 0.1) is 21.6 Å². The minimum atomic E-state index is -3.67. The normalized spacial score (nSPS) is 13.8. The van der Waals surface area contributed by atoms with Crippen molar-refractivity contribution in [1.82, 2.24) is 24.2 Å². The van der Waals surface area contributed by atoms with E-state index in [-0.39, 0.29) is 10.1 Å². The number of thiazole rings is 1. The van der Waals surface area contributed by atoms with Crippen LogP contribution in [0.25, 0.3) is 42.5 Å². The van der Waals surface area contributed by atoms with Gasteiger partial charge in [-0.15, -0.1) is 22.7 Å². The van der Waals surface area contributed by atoms with Gasteiger partial charge < -0.3 is 4.57 Å². The highest BCUT2D eigenvalue weighted by Crippen LogP contribution is 2.36. The van der Waals surface area contributed by atoms with Crippen LogP contribution in [0.1, 0.15) is 40.7 Å². The first-order chi connectivity index (χ1) is 25.7. The van der Waals surface area contributed by atoms with Crippen LogP contribution in [0.4, 0.5) is 10.8 Å². The minimum Gasteiger partial charge on any atom is -0.341 e. The number of nitrogens with zero attached hydrogens (tertiary/aromatic N) is 5. The Labute approximate surface area is 318 Å². The minimum absolute atomic E-state index is 0.244. The van der Waals surface area contributed by atoms with E-state index < -0.39 is 10.0 Å². The number of fused-ring (bicyclic) bond motifs is 5. The molecule has 8 aromatic rings. The summed E-state index contributed by atoms with van der Waals surface area (Å²) in [6.45, 7) is 8.40. The zero-order valence-corrected chi connectivity index (χ0v) is 32.3. The van der Waals surface area contributed by atoms with E-state index in [0.717, 1.165) is 54.3 Å². The summed E-state index contributed by atoms with van der Waals surface area (Å²) in [6, 6.07) is 26.2. The Morgan fingerprint density at radius 2 is 1.85 bits per heavy atom. The Hall–Kier alpha value is -4.86. The fourth-order valence-corrected chi connectivity index (χ4v) is 11.0. The van der Waals surface area contributed by atoms with Gasteiger partial charge in [0.15, 0.2) is 10.8 Å². The van der Waals surface area contributed by atoms with E-state index >= 15 is 0 Å². The van der Waals surface area contributed by atoms with Crippen molar-refractivity contribution >= 4 is 92.8 Å². The lowest BCUT2D eigenvalue weighted by atomic mass is 10.1. The van der Waals surface area contributed by atoms with Gasteiger partial charge in [0, 0.05) is 59.4 Å². The predicted octanol–water partition coefficient (Wildman–Crippen LogP) is 9.18. The molecule has 0 atom stereocenters. The number of carbonyl (C=O) groups excluding carboxylic acids is 1. The monoisotopic (exact) mass is 777 g/mol. The van der Waals surface area contributed by atoms with Crippen molar-refractivity contribution in [2.75, 3.05) is 16.6 Å². The van der Waals surface area contributed by atoms with Gasteiger partial charge >= 0.3 is 0 Å². The standard InChI is InChI=1S/C39H35N7O3S4/c1-3-45-33-12-7-25(17-30(33)29-10-8-26(18-34(29)45)35-16-24(2)23-51-35)21-44-13-5-14-46-28(22-44)20-32(42-46)38(47)41-39-40-31-11-9-27(19-36(31)52-39)43-53(48,49)37-6-4-15-50-37/h4,6-12,15-20,23,43H,3,5,13-14,21-22H2,1-2H3,(H,40,41,47). The second kappa shape index (κ2) is 13.5. The quantitative estimate of drug-likeness (QED) is 0.151. The molecule has 0 fully saturated rings. The molecule has 9 rings (SSSR count). The summed E-state index contributed by atoms with van der Waals surface area (Å²) < 4.78 is 33.4. The number of hydrogen-bond acceptors (Lipinski definition) is 9. The summed E-state index contributed by atoms with van der Waals surface area (Å²) in [5.74, 6) is -0.329. The first-order valence-corrected chi connectivity index (χ1v) is 21.4. The Bertz CT molecular complexity index is 2780. The summed E-state index contributed by atoms with van der Waals surface area (Å²) in [5.41, 5.74) is 8.77. The van der Waals surface area contributed by atoms with Gasteiger partial charge in [-0.05, 0) is 102 Å². The highest BCUT2D eigenvalue weighted by atomic mass is 32.2. The fraction of sp³-hybridized carbons (Fsp3) is 0.205. The summed E-state index contributed by atoms with van der Waals surface area (Å²) >= 11 is 4.23. The van der Waals surface area contributed by atoms with Crippen molar-refractivity contribution in [2.45, 2.75) is 50.7 Å². The molecule has 0 radical (unpaired) electrons. The van der Waals surface area contributed by atoms with Crippen molar-refractivity contribution in [3.8, 4) is 10.4 Å². The molecule has 0 spiro atoms. The van der Waals surface area contributed by atoms with Gasteiger partial charge in [-0.3, -0.25) is 24.4 Å². The number of rotatable bonds is 9. The third-order valence-corrected chi connectivity index (χ3v) is 14.4. The maximum absolute atomic E-state index is 13.4. The molecule has 6 heterocycles. The van der Waals surface area contributed by atoms with Crippen molar-refractivity contribution < 1.29 is 13.2 Å². The summed E-state index contributed by atoms with van der Waals surface area (Å²) in [6.07, 6.45) is 0.925. The number of benzene rings is 3. The molecule has 0 saturated heterocycles. The molecule has 14 heteroatoms. The van der Waals surface area contributed by atoms with Gasteiger partial charge in [0.1, 0.15) is 4.21 Å². The maximum atomic E-state index is 13.4. The lowest BCUT2D eigenvalue weighted by Gasteiger charge is -2.19. The van der Waals surface area contributed by atoms with Gasteiger partial charge in [-0.25, -0.2) is 13.4 Å². The lowest BCUT2D eigenvalue weighted by Crippen LogP contribution is -2.22. The number of amides is 1. The third kappa shape index (κ3) is 6.55. The number of nitrogens with one attached hydrogen (secondary N) is 2. The van der Waals surface area contributed by atoms with Crippen LogP contribution in [0.2, 0.25) is 0 Å². The molecule has 2 N–H and O–H groups in total. The van der Waals surface area contributed by atoms with Gasteiger partial charge in [-0.2, -0.15) is 5.10 Å². The molecular weight excluding hydrogens is 743 g/mol. The molecule has 0 saturated carbocycles. The van der Waals surface area contributed by atoms with Gasteiger partial charge in [-0.1, -0.05) is 35.6 Å². The molecule has 1 aliphatic heterocycles. The van der Waals surface area contributed by atoms with Crippen molar-refractivity contribution in [1.29, 1.82) is 0 Å². The highest BCUT2D eigenvalue weighted by Gasteiger charge is 2.22. The average Bonchev–Trinajstić information content (AvgIpc) is 3.98. The van der Waals surface area contributed by atoms with Crippen LogP contribution in [0.5, 0.6) is 0 Å². The van der Waals surface area contributed by atoms with Crippen molar-refractivity contribution in [3.63, 3.8) is 0 Å². The number of carbonyl (C=O) groups is 1. The van der Waals surface area contributed by atoms with E-state index in [1.165, 1.54) is 54.7 Å². The maximum Gasteiger partial charge on any atom is 0.277 e. The average molecular weight is 778 g/mol. The first-order valence-electron chi connectivity index (χ1n) is 17.4. The van der Waals surface area contributed by atoms with E-state index in [1.807, 2.05) is 10.7 Å². The third-order valence-electron chi connectivity index (χ3n) is 9.61.